The Morgan fingerprint density at radius 2 is 1.91 bits per heavy atom. The number of hydrogen-bond acceptors (Lipinski definition) is 3. The standard InChI is InChI=1S/C15H14ClNO4S/c1-10-4-2-3-5-11(10)9-17-22(20,21)12-6-7-14(16)13(8-12)15(18)19/h2-8,17H,9H2,1H3,(H,18,19). The molecule has 0 aromatic heterocycles. The third-order valence-corrected chi connectivity index (χ3v) is 4.92. The summed E-state index contributed by atoms with van der Waals surface area (Å²) in [5, 5.41) is 8.99. The monoisotopic (exact) mass is 339 g/mol. The molecule has 0 spiro atoms. The minimum atomic E-state index is -3.82. The zero-order valence-corrected chi connectivity index (χ0v) is 13.3. The first-order valence-corrected chi connectivity index (χ1v) is 8.24. The number of carboxylic acid groups (broad SMARTS) is 1. The normalized spacial score (nSPS) is 11.4. The van der Waals surface area contributed by atoms with Crippen LogP contribution in [0.5, 0.6) is 0 Å². The van der Waals surface area contributed by atoms with Crippen molar-refractivity contribution in [3.63, 3.8) is 0 Å². The summed E-state index contributed by atoms with van der Waals surface area (Å²) in [6, 6.07) is 11.0. The molecule has 116 valence electrons. The van der Waals surface area contributed by atoms with Crippen LogP contribution in [0.3, 0.4) is 0 Å². The Bertz CT molecular complexity index is 818. The van der Waals surface area contributed by atoms with E-state index in [1.165, 1.54) is 12.1 Å². The summed E-state index contributed by atoms with van der Waals surface area (Å²) in [7, 11) is -3.82. The molecule has 2 rings (SSSR count). The molecule has 0 fully saturated rings. The average Bonchev–Trinajstić information content (AvgIpc) is 2.46. The lowest BCUT2D eigenvalue weighted by Gasteiger charge is -2.10. The molecular weight excluding hydrogens is 326 g/mol. The highest BCUT2D eigenvalue weighted by Gasteiger charge is 2.18. The van der Waals surface area contributed by atoms with Gasteiger partial charge in [0.2, 0.25) is 10.0 Å². The highest BCUT2D eigenvalue weighted by atomic mass is 35.5. The second-order valence-electron chi connectivity index (χ2n) is 4.70. The Morgan fingerprint density at radius 1 is 1.23 bits per heavy atom. The second kappa shape index (κ2) is 6.48. The number of carboxylic acids is 1. The smallest absolute Gasteiger partial charge is 0.337 e. The van der Waals surface area contributed by atoms with E-state index in [1.54, 1.807) is 0 Å². The fourth-order valence-electron chi connectivity index (χ4n) is 1.90. The van der Waals surface area contributed by atoms with Crippen molar-refractivity contribution in [2.75, 3.05) is 0 Å². The van der Waals surface area contributed by atoms with Gasteiger partial charge in [-0.2, -0.15) is 0 Å². The molecule has 0 saturated carbocycles. The van der Waals surface area contributed by atoms with Crippen LogP contribution < -0.4 is 4.72 Å². The number of nitrogens with one attached hydrogen (secondary N) is 1. The highest BCUT2D eigenvalue weighted by molar-refractivity contribution is 7.89. The zero-order valence-electron chi connectivity index (χ0n) is 11.7. The summed E-state index contributed by atoms with van der Waals surface area (Å²) < 4.78 is 27.0. The lowest BCUT2D eigenvalue weighted by Crippen LogP contribution is -2.24. The van der Waals surface area contributed by atoms with E-state index in [4.69, 9.17) is 16.7 Å². The molecule has 5 nitrogen and oxygen atoms in total. The van der Waals surface area contributed by atoms with Gasteiger partial charge in [-0.05, 0) is 36.2 Å². The molecule has 0 saturated heterocycles. The molecule has 0 aliphatic heterocycles. The summed E-state index contributed by atoms with van der Waals surface area (Å²) in [5.74, 6) is -1.28. The molecule has 2 aromatic carbocycles. The van der Waals surface area contributed by atoms with Crippen molar-refractivity contribution in [2.45, 2.75) is 18.4 Å². The van der Waals surface area contributed by atoms with Crippen LogP contribution in [0.25, 0.3) is 0 Å². The van der Waals surface area contributed by atoms with Gasteiger partial charge >= 0.3 is 5.97 Å². The summed E-state index contributed by atoms with van der Waals surface area (Å²) in [4.78, 5) is 10.9. The molecule has 22 heavy (non-hydrogen) atoms. The number of aromatic carboxylic acids is 1. The summed E-state index contributed by atoms with van der Waals surface area (Å²) >= 11 is 5.74. The Morgan fingerprint density at radius 3 is 2.55 bits per heavy atom. The van der Waals surface area contributed by atoms with E-state index >= 15 is 0 Å². The number of rotatable bonds is 5. The van der Waals surface area contributed by atoms with Crippen molar-refractivity contribution in [2.24, 2.45) is 0 Å². The van der Waals surface area contributed by atoms with Crippen molar-refractivity contribution in [3.8, 4) is 0 Å². The van der Waals surface area contributed by atoms with Crippen LogP contribution in [0.1, 0.15) is 21.5 Å². The number of hydrogen-bond donors (Lipinski definition) is 2. The van der Waals surface area contributed by atoms with Crippen LogP contribution in [0, 0.1) is 6.92 Å². The molecule has 0 aliphatic carbocycles. The Labute approximate surface area is 133 Å². The van der Waals surface area contributed by atoms with Gasteiger partial charge in [-0.3, -0.25) is 0 Å². The van der Waals surface area contributed by atoms with Gasteiger partial charge in [0.15, 0.2) is 0 Å². The molecule has 0 heterocycles. The molecule has 0 aliphatic rings. The predicted octanol–water partition coefficient (Wildman–Crippen LogP) is 2.83. The third kappa shape index (κ3) is 3.65. The van der Waals surface area contributed by atoms with E-state index in [0.29, 0.717) is 0 Å². The first kappa shape index (κ1) is 16.5. The van der Waals surface area contributed by atoms with Gasteiger partial charge < -0.3 is 5.11 Å². The summed E-state index contributed by atoms with van der Waals surface area (Å²) in [6.07, 6.45) is 0. The van der Waals surface area contributed by atoms with Crippen molar-refractivity contribution < 1.29 is 18.3 Å². The van der Waals surface area contributed by atoms with Crippen molar-refractivity contribution >= 4 is 27.6 Å². The largest absolute Gasteiger partial charge is 0.478 e. The SMILES string of the molecule is Cc1ccccc1CNS(=O)(=O)c1ccc(Cl)c(C(=O)O)c1. The number of aryl methyl sites for hydroxylation is 1. The van der Waals surface area contributed by atoms with Gasteiger partial charge in [-0.1, -0.05) is 35.9 Å². The first-order valence-electron chi connectivity index (χ1n) is 6.38. The van der Waals surface area contributed by atoms with Crippen LogP contribution in [0.15, 0.2) is 47.4 Å². The lowest BCUT2D eigenvalue weighted by molar-refractivity contribution is 0.0697. The third-order valence-electron chi connectivity index (χ3n) is 3.19. The Kier molecular flexibility index (Phi) is 4.85. The van der Waals surface area contributed by atoms with Gasteiger partial charge in [0.05, 0.1) is 15.5 Å². The van der Waals surface area contributed by atoms with E-state index < -0.39 is 16.0 Å². The zero-order chi connectivity index (χ0) is 16.3. The van der Waals surface area contributed by atoms with Crippen molar-refractivity contribution in [1.82, 2.24) is 4.72 Å². The minimum Gasteiger partial charge on any atom is -0.478 e. The first-order chi connectivity index (χ1) is 10.3. The molecule has 2 N–H and O–H groups in total. The van der Waals surface area contributed by atoms with Gasteiger partial charge in [0.25, 0.3) is 0 Å². The van der Waals surface area contributed by atoms with Gasteiger partial charge in [0, 0.05) is 6.54 Å². The molecule has 7 heteroatoms. The predicted molar refractivity (Wildman–Crippen MR) is 83.6 cm³/mol. The highest BCUT2D eigenvalue weighted by Crippen LogP contribution is 2.20. The Hall–Kier alpha value is -1.89. The molecule has 0 unspecified atom stereocenters. The van der Waals surface area contributed by atoms with E-state index in [0.717, 1.165) is 17.2 Å². The average molecular weight is 340 g/mol. The van der Waals surface area contributed by atoms with E-state index in [9.17, 15) is 13.2 Å². The summed E-state index contributed by atoms with van der Waals surface area (Å²) in [6.45, 7) is 2.01. The number of carbonyl (C=O) groups is 1. The van der Waals surface area contributed by atoms with Crippen LogP contribution in [-0.4, -0.2) is 19.5 Å². The maximum absolute atomic E-state index is 12.3. The van der Waals surface area contributed by atoms with Crippen LogP contribution in [-0.2, 0) is 16.6 Å². The minimum absolute atomic E-state index is 0.00893. The van der Waals surface area contributed by atoms with Gasteiger partial charge in [0.1, 0.15) is 0 Å². The maximum Gasteiger partial charge on any atom is 0.337 e. The topological polar surface area (TPSA) is 83.5 Å². The molecule has 0 radical (unpaired) electrons. The second-order valence-corrected chi connectivity index (χ2v) is 6.87. The molecular formula is C15H14ClNO4S. The van der Waals surface area contributed by atoms with Gasteiger partial charge in [-0.15, -0.1) is 0 Å². The lowest BCUT2D eigenvalue weighted by atomic mass is 10.1. The number of benzene rings is 2. The maximum atomic E-state index is 12.3. The van der Waals surface area contributed by atoms with Crippen LogP contribution in [0.2, 0.25) is 5.02 Å². The molecule has 0 bridgehead atoms. The molecule has 0 amide bonds. The number of halogens is 1. The van der Waals surface area contributed by atoms with E-state index in [2.05, 4.69) is 4.72 Å². The molecule has 0 atom stereocenters. The Balaban J connectivity index is 2.26. The quantitative estimate of drug-likeness (QED) is 0.877. The van der Waals surface area contributed by atoms with E-state index in [1.807, 2.05) is 31.2 Å². The van der Waals surface area contributed by atoms with Crippen molar-refractivity contribution in [3.05, 3.63) is 64.2 Å². The van der Waals surface area contributed by atoms with Gasteiger partial charge in [-0.25, -0.2) is 17.9 Å². The van der Waals surface area contributed by atoms with Crippen LogP contribution in [0.4, 0.5) is 0 Å². The fourth-order valence-corrected chi connectivity index (χ4v) is 3.13. The van der Waals surface area contributed by atoms with Crippen LogP contribution >= 0.6 is 11.6 Å². The van der Waals surface area contributed by atoms with E-state index in [-0.39, 0.29) is 22.0 Å². The molecule has 2 aromatic rings. The van der Waals surface area contributed by atoms with Crippen molar-refractivity contribution in [1.29, 1.82) is 0 Å². The number of sulfonamides is 1. The fraction of sp³-hybridized carbons (Fsp3) is 0.133. The summed E-state index contributed by atoms with van der Waals surface area (Å²) in [5.41, 5.74) is 1.56.